The molecule has 43 heavy (non-hydrogen) atoms. The third-order valence-corrected chi connectivity index (χ3v) is 7.44. The lowest BCUT2D eigenvalue weighted by Crippen LogP contribution is -3.00. The second-order valence-corrected chi connectivity index (χ2v) is 10.7. The molecule has 2 aromatic heterocycles. The summed E-state index contributed by atoms with van der Waals surface area (Å²) in [6, 6.07) is 6.97. The van der Waals surface area contributed by atoms with Gasteiger partial charge in [0.05, 0.1) is 65.0 Å². The Bertz CT molecular complexity index is 1690. The molecule has 10 nitrogen and oxygen atoms in total. The van der Waals surface area contributed by atoms with E-state index in [1.54, 1.807) is 26.2 Å². The van der Waals surface area contributed by atoms with E-state index in [1.165, 1.54) is 27.0 Å². The number of hydrogen-bond acceptors (Lipinski definition) is 7. The highest BCUT2D eigenvalue weighted by atomic mass is 79.9. The van der Waals surface area contributed by atoms with Gasteiger partial charge in [-0.3, -0.25) is 4.79 Å². The highest BCUT2D eigenvalue weighted by Crippen LogP contribution is 2.39. The number of fused-ring (bicyclic) bond motifs is 1. The number of ether oxygens (including phenoxy) is 4. The number of aryl methyl sites for hydroxylation is 2. The fraction of sp³-hybridized carbons (Fsp3) is 0.406. The standard InChI is InChI=1S/C32H40N5O5.BrH/c1-11-13-22-26(39-7)15-14-23-29(31(38)21-16-27(40-8)32(42-10)28(17-21)41-9)34-36(30(22)23)19-37(5,6)18-25-24(12-2)33-20(3)35(25)4;/h14-17H,12,18-19H2,1-10H3;1H/q+1;/p-1. The summed E-state index contributed by atoms with van der Waals surface area (Å²) in [6.07, 6.45) is 0.850. The molecule has 0 unspecified atom stereocenters. The summed E-state index contributed by atoms with van der Waals surface area (Å²) < 4.78 is 26.7. The molecule has 0 atom stereocenters. The number of hydrogen-bond donors (Lipinski definition) is 0. The molecule has 230 valence electrons. The predicted molar refractivity (Wildman–Crippen MR) is 162 cm³/mol. The van der Waals surface area contributed by atoms with Crippen molar-refractivity contribution in [3.8, 4) is 34.8 Å². The molecule has 0 saturated heterocycles. The van der Waals surface area contributed by atoms with Gasteiger partial charge >= 0.3 is 0 Å². The number of methoxy groups -OCH3 is 4. The molecule has 0 saturated carbocycles. The van der Waals surface area contributed by atoms with E-state index in [0.717, 1.165) is 30.0 Å². The van der Waals surface area contributed by atoms with E-state index >= 15 is 0 Å². The average Bonchev–Trinajstić information content (AvgIpc) is 3.47. The number of imidazole rings is 1. The molecule has 0 fully saturated rings. The number of quaternary nitrogens is 1. The Morgan fingerprint density at radius 1 is 1.00 bits per heavy atom. The van der Waals surface area contributed by atoms with E-state index in [0.29, 0.717) is 56.4 Å². The van der Waals surface area contributed by atoms with Crippen LogP contribution in [0.3, 0.4) is 0 Å². The SMILES string of the molecule is CC#Cc1c(OC)ccc2c(C(=O)c3cc(OC)c(OC)c(OC)c3)nn(C[N+](C)(C)Cc3c(CC)nc(C)n3C)c12.[Br-]. The van der Waals surface area contributed by atoms with E-state index in [1.807, 2.05) is 30.8 Å². The van der Waals surface area contributed by atoms with Gasteiger partial charge in [-0.2, -0.15) is 5.10 Å². The van der Waals surface area contributed by atoms with Gasteiger partial charge in [0, 0.05) is 18.0 Å². The quantitative estimate of drug-likeness (QED) is 0.138. The van der Waals surface area contributed by atoms with E-state index in [2.05, 4.69) is 37.4 Å². The molecule has 2 heterocycles. The van der Waals surface area contributed by atoms with Crippen LogP contribution in [0.25, 0.3) is 10.9 Å². The zero-order valence-electron chi connectivity index (χ0n) is 26.6. The van der Waals surface area contributed by atoms with Crippen molar-refractivity contribution in [1.82, 2.24) is 19.3 Å². The van der Waals surface area contributed by atoms with Crippen LogP contribution in [0.1, 0.15) is 52.7 Å². The van der Waals surface area contributed by atoms with Crippen molar-refractivity contribution in [1.29, 1.82) is 0 Å². The lowest BCUT2D eigenvalue weighted by Gasteiger charge is -2.30. The van der Waals surface area contributed by atoms with E-state index in [4.69, 9.17) is 29.0 Å². The summed E-state index contributed by atoms with van der Waals surface area (Å²) in [6.45, 7) is 7.11. The van der Waals surface area contributed by atoms with Gasteiger partial charge in [-0.15, -0.1) is 5.92 Å². The summed E-state index contributed by atoms with van der Waals surface area (Å²) in [5.74, 6) is 8.70. The zero-order chi connectivity index (χ0) is 30.8. The summed E-state index contributed by atoms with van der Waals surface area (Å²) in [5.41, 5.74) is 4.34. The minimum atomic E-state index is -0.278. The maximum atomic E-state index is 14.1. The Morgan fingerprint density at radius 3 is 2.16 bits per heavy atom. The molecule has 0 bridgehead atoms. The first-order chi connectivity index (χ1) is 20.0. The molecule has 0 spiro atoms. The Balaban J connectivity index is 0.00000506. The number of nitrogens with zero attached hydrogens (tertiary/aromatic N) is 5. The third-order valence-electron chi connectivity index (χ3n) is 7.44. The van der Waals surface area contributed by atoms with Crippen molar-refractivity contribution in [3.05, 3.63) is 58.3 Å². The van der Waals surface area contributed by atoms with Crippen molar-refractivity contribution in [3.63, 3.8) is 0 Å². The molecule has 0 aliphatic rings. The van der Waals surface area contributed by atoms with Gasteiger partial charge < -0.3 is 45.0 Å². The second-order valence-electron chi connectivity index (χ2n) is 10.7. The predicted octanol–water partition coefficient (Wildman–Crippen LogP) is 1.52. The van der Waals surface area contributed by atoms with Crippen molar-refractivity contribution < 1.29 is 45.2 Å². The maximum absolute atomic E-state index is 14.1. The molecule has 0 aliphatic carbocycles. The van der Waals surface area contributed by atoms with Gasteiger partial charge in [0.2, 0.25) is 11.5 Å². The molecular formula is C32H40BrN5O5. The van der Waals surface area contributed by atoms with Gasteiger partial charge in [-0.05, 0) is 44.5 Å². The van der Waals surface area contributed by atoms with Gasteiger partial charge in [-0.1, -0.05) is 12.8 Å². The number of aromatic nitrogens is 4. The number of benzene rings is 2. The molecule has 4 rings (SSSR count). The van der Waals surface area contributed by atoms with Crippen LogP contribution < -0.4 is 35.9 Å². The lowest BCUT2D eigenvalue weighted by atomic mass is 10.0. The monoisotopic (exact) mass is 653 g/mol. The summed E-state index contributed by atoms with van der Waals surface area (Å²) >= 11 is 0. The molecule has 0 N–H and O–H groups in total. The first-order valence-electron chi connectivity index (χ1n) is 13.7. The fourth-order valence-electron chi connectivity index (χ4n) is 5.31. The summed E-state index contributed by atoms with van der Waals surface area (Å²) in [7, 11) is 12.5. The highest BCUT2D eigenvalue weighted by Gasteiger charge is 2.29. The average molecular weight is 655 g/mol. The van der Waals surface area contributed by atoms with Gasteiger partial charge in [0.15, 0.2) is 18.2 Å². The van der Waals surface area contributed by atoms with Crippen molar-refractivity contribution in [2.45, 2.75) is 40.4 Å². The minimum absolute atomic E-state index is 0. The van der Waals surface area contributed by atoms with Gasteiger partial charge in [-0.25, -0.2) is 9.67 Å². The van der Waals surface area contributed by atoms with Crippen LogP contribution in [0, 0.1) is 18.8 Å². The molecule has 11 heteroatoms. The van der Waals surface area contributed by atoms with E-state index in [-0.39, 0.29) is 22.8 Å². The topological polar surface area (TPSA) is 89.6 Å². The smallest absolute Gasteiger partial charge is 0.214 e. The molecule has 0 amide bonds. The second kappa shape index (κ2) is 13.5. The zero-order valence-corrected chi connectivity index (χ0v) is 28.2. The Labute approximate surface area is 263 Å². The Hall–Kier alpha value is -4.01. The summed E-state index contributed by atoms with van der Waals surface area (Å²) in [4.78, 5) is 18.9. The minimum Gasteiger partial charge on any atom is -1.00 e. The summed E-state index contributed by atoms with van der Waals surface area (Å²) in [5, 5.41) is 5.61. The van der Waals surface area contributed by atoms with Crippen molar-refractivity contribution in [2.75, 3.05) is 42.5 Å². The molecule has 2 aromatic carbocycles. The molecule has 0 radical (unpaired) electrons. The highest BCUT2D eigenvalue weighted by molar-refractivity contribution is 6.16. The number of rotatable bonds is 11. The van der Waals surface area contributed by atoms with Crippen LogP contribution in [0.5, 0.6) is 23.0 Å². The van der Waals surface area contributed by atoms with Crippen LogP contribution >= 0.6 is 0 Å². The number of ketones is 1. The van der Waals surface area contributed by atoms with Crippen LogP contribution in [0.2, 0.25) is 0 Å². The van der Waals surface area contributed by atoms with Crippen LogP contribution in [-0.4, -0.2) is 72.1 Å². The van der Waals surface area contributed by atoms with E-state index in [9.17, 15) is 4.79 Å². The Morgan fingerprint density at radius 2 is 1.63 bits per heavy atom. The van der Waals surface area contributed by atoms with E-state index < -0.39 is 0 Å². The van der Waals surface area contributed by atoms with Crippen LogP contribution in [-0.2, 0) is 26.7 Å². The number of carbonyl (C=O) groups excluding carboxylic acids is 1. The van der Waals surface area contributed by atoms with Gasteiger partial charge in [0.1, 0.15) is 23.8 Å². The normalized spacial score (nSPS) is 11.0. The Kier molecular flexibility index (Phi) is 10.5. The van der Waals surface area contributed by atoms with Crippen molar-refractivity contribution >= 4 is 16.7 Å². The van der Waals surface area contributed by atoms with Crippen LogP contribution in [0.4, 0.5) is 0 Å². The maximum Gasteiger partial charge on any atom is 0.214 e. The fourth-order valence-corrected chi connectivity index (χ4v) is 5.31. The first kappa shape index (κ1) is 33.5. The van der Waals surface area contributed by atoms with Crippen molar-refractivity contribution in [2.24, 2.45) is 7.05 Å². The lowest BCUT2D eigenvalue weighted by molar-refractivity contribution is -0.926. The van der Waals surface area contributed by atoms with Crippen LogP contribution in [0.15, 0.2) is 24.3 Å². The third kappa shape index (κ3) is 6.36. The number of halogens is 1. The first-order valence-corrected chi connectivity index (χ1v) is 13.7. The molecular weight excluding hydrogens is 614 g/mol. The van der Waals surface area contributed by atoms with Gasteiger partial charge in [0.25, 0.3) is 0 Å². The molecule has 4 aromatic rings. The molecule has 0 aliphatic heterocycles. The number of carbonyl (C=O) groups is 1. The largest absolute Gasteiger partial charge is 1.00 e.